The van der Waals surface area contributed by atoms with Crippen molar-refractivity contribution < 1.29 is 13.2 Å². The second-order valence-electron chi connectivity index (χ2n) is 9.71. The number of nitrogens with zero attached hydrogens (tertiary/aromatic N) is 3. The summed E-state index contributed by atoms with van der Waals surface area (Å²) in [6, 6.07) is 18.9. The maximum absolute atomic E-state index is 11.7. The number of methoxy groups -OCH3 is 1. The summed E-state index contributed by atoms with van der Waals surface area (Å²) in [5, 5.41) is 0. The van der Waals surface area contributed by atoms with Crippen molar-refractivity contribution in [3.05, 3.63) is 94.8 Å². The van der Waals surface area contributed by atoms with Crippen LogP contribution in [0.5, 0.6) is 5.75 Å². The number of pyridine rings is 1. The van der Waals surface area contributed by atoms with Gasteiger partial charge >= 0.3 is 0 Å². The fraction of sp³-hybridized carbons (Fsp3) is 0.345. The summed E-state index contributed by atoms with van der Waals surface area (Å²) in [6.07, 6.45) is 9.25. The number of aryl methyl sites for hydroxylation is 2. The lowest BCUT2D eigenvalue weighted by Crippen LogP contribution is -2.47. The van der Waals surface area contributed by atoms with Crippen molar-refractivity contribution in [1.82, 2.24) is 14.8 Å². The Hall–Kier alpha value is -3.20. The van der Waals surface area contributed by atoms with Gasteiger partial charge < -0.3 is 4.74 Å². The van der Waals surface area contributed by atoms with E-state index < -0.39 is 10.0 Å². The molecule has 3 aromatic rings. The van der Waals surface area contributed by atoms with Gasteiger partial charge in [0, 0.05) is 44.6 Å². The van der Waals surface area contributed by atoms with E-state index in [9.17, 15) is 8.42 Å². The van der Waals surface area contributed by atoms with Gasteiger partial charge in [0.05, 0.1) is 25.1 Å². The minimum atomic E-state index is -3.39. The number of fused-ring (bicyclic) bond motifs is 2. The maximum atomic E-state index is 11.7. The van der Waals surface area contributed by atoms with Crippen LogP contribution in [-0.4, -0.2) is 69.3 Å². The van der Waals surface area contributed by atoms with Gasteiger partial charge in [-0.25, -0.2) is 8.42 Å². The monoisotopic (exact) mass is 518 g/mol. The summed E-state index contributed by atoms with van der Waals surface area (Å²) in [5.74, 6) is 0.496. The molecule has 1 saturated heterocycles. The van der Waals surface area contributed by atoms with Gasteiger partial charge in [0.25, 0.3) is 0 Å². The Labute approximate surface area is 219 Å². The number of rotatable bonds is 7. The van der Waals surface area contributed by atoms with Crippen LogP contribution in [-0.2, 0) is 22.9 Å². The topological polar surface area (TPSA) is 74.8 Å². The van der Waals surface area contributed by atoms with Gasteiger partial charge in [0.15, 0.2) is 0 Å². The molecular weight excluding hydrogens is 484 g/mol. The van der Waals surface area contributed by atoms with Crippen molar-refractivity contribution in [1.29, 1.82) is 0 Å². The molecule has 0 spiro atoms. The molecule has 0 saturated carbocycles. The molecule has 0 amide bonds. The Morgan fingerprint density at radius 1 is 1.03 bits per heavy atom. The molecule has 2 aromatic carbocycles. The molecule has 0 radical (unpaired) electrons. The summed E-state index contributed by atoms with van der Waals surface area (Å²) < 4.78 is 31.2. The Balaban J connectivity index is 1.25. The summed E-state index contributed by atoms with van der Waals surface area (Å²) in [6.45, 7) is 4.80. The van der Waals surface area contributed by atoms with Crippen LogP contribution in [0.3, 0.4) is 0 Å². The molecule has 1 unspecified atom stereocenters. The summed E-state index contributed by atoms with van der Waals surface area (Å²) in [4.78, 5) is 9.80. The minimum absolute atomic E-state index is 0.250. The first-order chi connectivity index (χ1) is 17.9. The first-order valence-corrected chi connectivity index (χ1v) is 14.6. The Kier molecular flexibility index (Phi) is 7.60. The molecule has 194 valence electrons. The third kappa shape index (κ3) is 6.04. The second-order valence-corrected chi connectivity index (χ2v) is 11.5. The second kappa shape index (κ2) is 11.0. The molecule has 8 heteroatoms. The van der Waals surface area contributed by atoms with Crippen LogP contribution in [0.2, 0.25) is 0 Å². The number of piperazine rings is 1. The molecule has 1 atom stereocenters. The van der Waals surface area contributed by atoms with E-state index in [-0.39, 0.29) is 6.04 Å². The van der Waals surface area contributed by atoms with Crippen molar-refractivity contribution in [3.63, 3.8) is 0 Å². The number of anilines is 1. The van der Waals surface area contributed by atoms with Gasteiger partial charge in [-0.3, -0.25) is 19.5 Å². The number of sulfonamides is 1. The summed E-state index contributed by atoms with van der Waals surface area (Å²) in [7, 11) is -1.86. The minimum Gasteiger partial charge on any atom is -0.495 e. The van der Waals surface area contributed by atoms with Gasteiger partial charge in [0.2, 0.25) is 10.0 Å². The van der Waals surface area contributed by atoms with Crippen LogP contribution in [0.25, 0.3) is 6.08 Å². The largest absolute Gasteiger partial charge is 0.495 e. The van der Waals surface area contributed by atoms with Crippen LogP contribution >= 0.6 is 0 Å². The van der Waals surface area contributed by atoms with E-state index in [1.807, 2.05) is 18.3 Å². The Morgan fingerprint density at radius 3 is 2.59 bits per heavy atom. The molecule has 2 aliphatic rings. The predicted molar refractivity (Wildman–Crippen MR) is 148 cm³/mol. The van der Waals surface area contributed by atoms with Crippen molar-refractivity contribution in [2.45, 2.75) is 18.9 Å². The molecule has 5 rings (SSSR count). The highest BCUT2D eigenvalue weighted by Crippen LogP contribution is 2.36. The number of benzene rings is 2. The normalized spacial score (nSPS) is 18.7. The first kappa shape index (κ1) is 25.4. The summed E-state index contributed by atoms with van der Waals surface area (Å²) >= 11 is 0. The van der Waals surface area contributed by atoms with Crippen molar-refractivity contribution in [3.8, 4) is 5.75 Å². The highest BCUT2D eigenvalue weighted by atomic mass is 32.2. The van der Waals surface area contributed by atoms with Gasteiger partial charge in [0.1, 0.15) is 5.75 Å². The number of hydrogen-bond donors (Lipinski definition) is 1. The van der Waals surface area contributed by atoms with Gasteiger partial charge in [-0.05, 0) is 53.3 Å². The third-order valence-corrected chi connectivity index (χ3v) is 7.76. The molecule has 2 heterocycles. The average molecular weight is 519 g/mol. The van der Waals surface area contributed by atoms with E-state index in [0.717, 1.165) is 57.4 Å². The summed E-state index contributed by atoms with van der Waals surface area (Å²) in [5.41, 5.74) is 6.78. The zero-order valence-corrected chi connectivity index (χ0v) is 22.2. The van der Waals surface area contributed by atoms with Crippen LogP contribution < -0.4 is 9.46 Å². The van der Waals surface area contributed by atoms with E-state index in [1.54, 1.807) is 12.1 Å². The standard InChI is InChI=1S/C29H34N4O3S/c1-36-28-14-11-22(21-27(28)31-37(2,34)35)7-6-16-32-17-19-33(20-18-32)29-24-9-4-3-8-23(24)12-13-26-25(29)10-5-15-30-26/h3-11,14-15,21,29,31H,12-13,16-20H2,1-2H3/b7-6+. The smallest absolute Gasteiger partial charge is 0.229 e. The van der Waals surface area contributed by atoms with E-state index >= 15 is 0 Å². The molecule has 1 aliphatic heterocycles. The molecule has 1 fully saturated rings. The van der Waals surface area contributed by atoms with Crippen molar-refractivity contribution in [2.75, 3.05) is 50.8 Å². The Morgan fingerprint density at radius 2 is 1.81 bits per heavy atom. The highest BCUT2D eigenvalue weighted by molar-refractivity contribution is 7.92. The maximum Gasteiger partial charge on any atom is 0.229 e. The van der Waals surface area contributed by atoms with E-state index in [1.165, 1.54) is 29.5 Å². The number of hydrogen-bond acceptors (Lipinski definition) is 6. The van der Waals surface area contributed by atoms with E-state index in [2.05, 4.69) is 57.0 Å². The highest BCUT2D eigenvalue weighted by Gasteiger charge is 2.31. The Bertz CT molecular complexity index is 1330. The molecule has 1 aliphatic carbocycles. The van der Waals surface area contributed by atoms with Crippen LogP contribution in [0.15, 0.2) is 66.9 Å². The predicted octanol–water partition coefficient (Wildman–Crippen LogP) is 3.98. The lowest BCUT2D eigenvalue weighted by atomic mass is 9.94. The lowest BCUT2D eigenvalue weighted by molar-refractivity contribution is 0.117. The van der Waals surface area contributed by atoms with E-state index in [0.29, 0.717) is 11.4 Å². The zero-order chi connectivity index (χ0) is 25.8. The van der Waals surface area contributed by atoms with Crippen LogP contribution in [0.1, 0.15) is 34.0 Å². The molecule has 7 nitrogen and oxygen atoms in total. The van der Waals surface area contributed by atoms with Crippen LogP contribution in [0.4, 0.5) is 5.69 Å². The number of nitrogens with one attached hydrogen (secondary N) is 1. The molecule has 1 aromatic heterocycles. The fourth-order valence-electron chi connectivity index (χ4n) is 5.40. The third-order valence-electron chi connectivity index (χ3n) is 7.17. The zero-order valence-electron chi connectivity index (χ0n) is 21.4. The number of ether oxygens (including phenoxy) is 1. The van der Waals surface area contributed by atoms with E-state index in [4.69, 9.17) is 9.72 Å². The molecule has 37 heavy (non-hydrogen) atoms. The SMILES string of the molecule is COc1ccc(/C=C/CN2CCN(C3c4ccccc4CCc4ncccc43)CC2)cc1NS(C)(=O)=O. The first-order valence-electron chi connectivity index (χ1n) is 12.7. The quantitative estimate of drug-likeness (QED) is 0.510. The molecule has 1 N–H and O–H groups in total. The van der Waals surface area contributed by atoms with Gasteiger partial charge in [-0.2, -0.15) is 0 Å². The average Bonchev–Trinajstić information content (AvgIpc) is 3.05. The van der Waals surface area contributed by atoms with Gasteiger partial charge in [-0.15, -0.1) is 0 Å². The fourth-order valence-corrected chi connectivity index (χ4v) is 5.96. The molecular formula is C29H34N4O3S. The van der Waals surface area contributed by atoms with Crippen molar-refractivity contribution in [2.24, 2.45) is 0 Å². The number of aromatic nitrogens is 1. The van der Waals surface area contributed by atoms with Crippen LogP contribution in [0, 0.1) is 0 Å². The lowest BCUT2D eigenvalue weighted by Gasteiger charge is -2.40. The van der Waals surface area contributed by atoms with Crippen molar-refractivity contribution >= 4 is 21.8 Å². The van der Waals surface area contributed by atoms with Gasteiger partial charge in [-0.1, -0.05) is 48.6 Å². The molecule has 0 bridgehead atoms.